The molecule has 0 bridgehead atoms. The number of nitro benzene ring substituents is 1. The highest BCUT2D eigenvalue weighted by Crippen LogP contribution is 2.22. The van der Waals surface area contributed by atoms with Gasteiger partial charge in [0.1, 0.15) is 5.40 Å². The van der Waals surface area contributed by atoms with Crippen molar-refractivity contribution in [2.75, 3.05) is 14.1 Å². The zero-order valence-corrected chi connectivity index (χ0v) is 11.2. The van der Waals surface area contributed by atoms with Gasteiger partial charge in [0.05, 0.1) is 9.83 Å². The van der Waals surface area contributed by atoms with Crippen molar-refractivity contribution in [3.8, 4) is 5.40 Å². The van der Waals surface area contributed by atoms with Gasteiger partial charge in [-0.1, -0.05) is 12.1 Å². The topological polar surface area (TPSA) is 87.2 Å². The van der Waals surface area contributed by atoms with Crippen LogP contribution in [0.2, 0.25) is 0 Å². The standard InChI is InChI=1S/C12H11N3O3S/c1-14(2)7-11(19-8-13)12(16)9-4-3-5-10(6-9)15(17)18/h3-7H,1-2H3/b11-7-. The van der Waals surface area contributed by atoms with Gasteiger partial charge in [-0.2, -0.15) is 5.26 Å². The molecule has 0 aliphatic rings. The van der Waals surface area contributed by atoms with Crippen molar-refractivity contribution in [1.29, 1.82) is 5.26 Å². The predicted molar refractivity (Wildman–Crippen MR) is 72.4 cm³/mol. The van der Waals surface area contributed by atoms with Gasteiger partial charge in [-0.05, 0) is 11.8 Å². The van der Waals surface area contributed by atoms with Gasteiger partial charge in [0.15, 0.2) is 0 Å². The summed E-state index contributed by atoms with van der Waals surface area (Å²) in [4.78, 5) is 24.1. The van der Waals surface area contributed by atoms with Crippen LogP contribution in [0.3, 0.4) is 0 Å². The van der Waals surface area contributed by atoms with E-state index in [2.05, 4.69) is 0 Å². The number of carbonyl (C=O) groups excluding carboxylic acids is 1. The minimum absolute atomic E-state index is 0.156. The number of ketones is 1. The lowest BCUT2D eigenvalue weighted by Gasteiger charge is -2.08. The van der Waals surface area contributed by atoms with Crippen LogP contribution >= 0.6 is 11.8 Å². The molecule has 0 aliphatic heterocycles. The lowest BCUT2D eigenvalue weighted by molar-refractivity contribution is -0.384. The number of nitriles is 1. The molecule has 98 valence electrons. The Bertz CT molecular complexity index is 576. The number of benzene rings is 1. The molecule has 0 N–H and O–H groups in total. The fourth-order valence-corrected chi connectivity index (χ4v) is 1.89. The molecule has 0 aromatic heterocycles. The van der Waals surface area contributed by atoms with Crippen molar-refractivity contribution in [2.45, 2.75) is 0 Å². The molecule has 0 saturated carbocycles. The molecule has 19 heavy (non-hydrogen) atoms. The zero-order chi connectivity index (χ0) is 14.4. The quantitative estimate of drug-likeness (QED) is 0.270. The molecule has 1 aromatic rings. The predicted octanol–water partition coefficient (Wildman–Crippen LogP) is 2.39. The van der Waals surface area contributed by atoms with Crippen molar-refractivity contribution in [3.63, 3.8) is 0 Å². The molecule has 0 unspecified atom stereocenters. The number of rotatable bonds is 5. The number of allylic oxidation sites excluding steroid dienone is 1. The normalized spacial score (nSPS) is 10.7. The summed E-state index contributed by atoms with van der Waals surface area (Å²) in [6.07, 6.45) is 1.51. The fraction of sp³-hybridized carbons (Fsp3) is 0.167. The summed E-state index contributed by atoms with van der Waals surface area (Å²) in [5.74, 6) is -0.413. The molecule has 0 radical (unpaired) electrons. The fourth-order valence-electron chi connectivity index (χ4n) is 1.32. The molecule has 1 aromatic carbocycles. The van der Waals surface area contributed by atoms with Crippen molar-refractivity contribution in [3.05, 3.63) is 51.0 Å². The van der Waals surface area contributed by atoms with Gasteiger partial charge in [0.25, 0.3) is 5.69 Å². The highest BCUT2D eigenvalue weighted by atomic mass is 32.2. The molecule has 6 nitrogen and oxygen atoms in total. The first-order valence-electron chi connectivity index (χ1n) is 5.19. The third-order valence-electron chi connectivity index (χ3n) is 2.07. The van der Waals surface area contributed by atoms with E-state index in [1.54, 1.807) is 19.0 Å². The Kier molecular flexibility index (Phi) is 5.09. The molecular formula is C12H11N3O3S. The van der Waals surface area contributed by atoms with Crippen molar-refractivity contribution in [2.24, 2.45) is 0 Å². The van der Waals surface area contributed by atoms with Crippen LogP contribution < -0.4 is 0 Å². The van der Waals surface area contributed by atoms with Crippen LogP contribution in [0.25, 0.3) is 0 Å². The number of thiocyanates is 1. The number of non-ortho nitro benzene ring substituents is 1. The molecule has 1 rings (SSSR count). The Morgan fingerprint density at radius 3 is 2.74 bits per heavy atom. The van der Waals surface area contributed by atoms with E-state index in [9.17, 15) is 14.9 Å². The van der Waals surface area contributed by atoms with Crippen LogP contribution in [-0.2, 0) is 0 Å². The zero-order valence-electron chi connectivity index (χ0n) is 10.4. The van der Waals surface area contributed by atoms with E-state index in [-0.39, 0.29) is 16.2 Å². The summed E-state index contributed by atoms with van der Waals surface area (Å²) in [6.45, 7) is 0. The van der Waals surface area contributed by atoms with Crippen LogP contribution in [0.1, 0.15) is 10.4 Å². The Hall–Kier alpha value is -2.33. The highest BCUT2D eigenvalue weighted by Gasteiger charge is 2.16. The van der Waals surface area contributed by atoms with E-state index in [0.29, 0.717) is 0 Å². The monoisotopic (exact) mass is 277 g/mol. The SMILES string of the molecule is CN(C)/C=C(\SC#N)C(=O)c1cccc([N+](=O)[O-])c1. The van der Waals surface area contributed by atoms with E-state index < -0.39 is 10.7 Å². The molecular weight excluding hydrogens is 266 g/mol. The van der Waals surface area contributed by atoms with Crippen LogP contribution in [0.15, 0.2) is 35.4 Å². The Morgan fingerprint density at radius 2 is 2.21 bits per heavy atom. The van der Waals surface area contributed by atoms with E-state index in [1.807, 2.05) is 5.40 Å². The summed E-state index contributed by atoms with van der Waals surface area (Å²) in [5.41, 5.74) is 0.0297. The van der Waals surface area contributed by atoms with Gasteiger partial charge in [-0.25, -0.2) is 0 Å². The van der Waals surface area contributed by atoms with E-state index in [0.717, 1.165) is 11.8 Å². The Balaban J connectivity index is 3.14. The summed E-state index contributed by atoms with van der Waals surface area (Å²) in [6, 6.07) is 5.43. The third-order valence-corrected chi connectivity index (χ3v) is 2.68. The first-order valence-corrected chi connectivity index (χ1v) is 6.00. The second-order valence-corrected chi connectivity index (χ2v) is 4.61. The summed E-state index contributed by atoms with van der Waals surface area (Å²) in [7, 11) is 3.44. The maximum Gasteiger partial charge on any atom is 0.270 e. The number of Topliss-reactive ketones (excluding diaryl/α,β-unsaturated/α-hetero) is 1. The van der Waals surface area contributed by atoms with Crippen LogP contribution in [0.5, 0.6) is 0 Å². The van der Waals surface area contributed by atoms with Crippen LogP contribution in [0, 0.1) is 20.8 Å². The smallest absolute Gasteiger partial charge is 0.270 e. The second-order valence-electron chi connectivity index (χ2n) is 3.79. The average molecular weight is 277 g/mol. The van der Waals surface area contributed by atoms with Gasteiger partial charge in [0, 0.05) is 38.0 Å². The van der Waals surface area contributed by atoms with Crippen LogP contribution in [0.4, 0.5) is 5.69 Å². The number of carbonyl (C=O) groups is 1. The van der Waals surface area contributed by atoms with Gasteiger partial charge in [0.2, 0.25) is 5.78 Å². The summed E-state index contributed by atoms with van der Waals surface area (Å²) < 4.78 is 0. The number of hydrogen-bond donors (Lipinski definition) is 0. The molecule has 0 atom stereocenters. The molecule has 0 spiro atoms. The van der Waals surface area contributed by atoms with Gasteiger partial charge < -0.3 is 4.90 Å². The van der Waals surface area contributed by atoms with E-state index >= 15 is 0 Å². The molecule has 0 saturated heterocycles. The minimum Gasteiger partial charge on any atom is -0.382 e. The molecule has 0 aliphatic carbocycles. The van der Waals surface area contributed by atoms with Crippen molar-refractivity contribution in [1.82, 2.24) is 4.90 Å². The maximum absolute atomic E-state index is 12.2. The van der Waals surface area contributed by atoms with Gasteiger partial charge >= 0.3 is 0 Å². The highest BCUT2D eigenvalue weighted by molar-refractivity contribution is 8.08. The first kappa shape index (κ1) is 14.7. The van der Waals surface area contributed by atoms with Gasteiger partial charge in [-0.3, -0.25) is 14.9 Å². The number of nitro groups is 1. The molecule has 0 heterocycles. The second kappa shape index (κ2) is 6.56. The maximum atomic E-state index is 12.2. The lowest BCUT2D eigenvalue weighted by Crippen LogP contribution is -2.08. The largest absolute Gasteiger partial charge is 0.382 e. The molecule has 0 amide bonds. The number of nitrogens with zero attached hydrogens (tertiary/aromatic N) is 3. The van der Waals surface area contributed by atoms with Crippen molar-refractivity contribution >= 4 is 23.2 Å². The van der Waals surface area contributed by atoms with Crippen LogP contribution in [-0.4, -0.2) is 29.7 Å². The minimum atomic E-state index is -0.566. The number of thioether (sulfide) groups is 1. The lowest BCUT2D eigenvalue weighted by atomic mass is 10.1. The summed E-state index contributed by atoms with van der Waals surface area (Å²) in [5, 5.41) is 21.2. The Labute approximate surface area is 114 Å². The summed E-state index contributed by atoms with van der Waals surface area (Å²) >= 11 is 0.728. The Morgan fingerprint density at radius 1 is 1.53 bits per heavy atom. The van der Waals surface area contributed by atoms with Crippen molar-refractivity contribution < 1.29 is 9.72 Å². The number of hydrogen-bond acceptors (Lipinski definition) is 6. The third kappa shape index (κ3) is 4.12. The first-order chi connectivity index (χ1) is 8.95. The van der Waals surface area contributed by atoms with E-state index in [1.165, 1.54) is 30.5 Å². The average Bonchev–Trinajstić information content (AvgIpc) is 2.37. The molecule has 7 heteroatoms. The molecule has 0 fully saturated rings. The van der Waals surface area contributed by atoms with E-state index in [4.69, 9.17) is 5.26 Å². The van der Waals surface area contributed by atoms with Gasteiger partial charge in [-0.15, -0.1) is 0 Å².